The van der Waals surface area contributed by atoms with Gasteiger partial charge in [0.05, 0.1) is 17.5 Å². The zero-order valence-corrected chi connectivity index (χ0v) is 16.6. The van der Waals surface area contributed by atoms with Gasteiger partial charge >= 0.3 is 5.97 Å². The molecule has 0 unspecified atom stereocenters. The van der Waals surface area contributed by atoms with Crippen molar-refractivity contribution in [2.45, 2.75) is 39.2 Å². The smallest absolute Gasteiger partial charge is 0.340 e. The fraction of sp³-hybridized carbons (Fsp3) is 0.409. The molecule has 1 fully saturated rings. The Labute approximate surface area is 169 Å². The highest BCUT2D eigenvalue weighted by atomic mass is 16.5. The third-order valence-corrected chi connectivity index (χ3v) is 5.53. The molecule has 3 atom stereocenters. The molecule has 0 bridgehead atoms. The number of esters is 1. The predicted molar refractivity (Wildman–Crippen MR) is 107 cm³/mol. The second-order valence-corrected chi connectivity index (χ2v) is 7.49. The lowest BCUT2D eigenvalue weighted by Gasteiger charge is -2.34. The molecule has 0 saturated heterocycles. The largest absolute Gasteiger partial charge is 0.459 e. The quantitative estimate of drug-likeness (QED) is 0.724. The molecule has 1 aliphatic rings. The summed E-state index contributed by atoms with van der Waals surface area (Å²) in [5.41, 5.74) is 0.453. The van der Waals surface area contributed by atoms with Gasteiger partial charge in [0, 0.05) is 6.04 Å². The summed E-state index contributed by atoms with van der Waals surface area (Å²) >= 11 is 0. The van der Waals surface area contributed by atoms with E-state index < -0.39 is 11.9 Å². The van der Waals surface area contributed by atoms with E-state index in [1.165, 1.54) is 24.8 Å². The van der Waals surface area contributed by atoms with E-state index in [1.54, 1.807) is 24.3 Å². The van der Waals surface area contributed by atoms with E-state index in [-0.39, 0.29) is 35.6 Å². The lowest BCUT2D eigenvalue weighted by molar-refractivity contribution is -0.125. The summed E-state index contributed by atoms with van der Waals surface area (Å²) in [6.07, 6.45) is 4.58. The Bertz CT molecular complexity index is 862. The number of anilines is 1. The van der Waals surface area contributed by atoms with Crippen molar-refractivity contribution < 1.29 is 23.5 Å². The van der Waals surface area contributed by atoms with Crippen LogP contribution in [0.15, 0.2) is 47.1 Å². The van der Waals surface area contributed by atoms with E-state index in [9.17, 15) is 14.4 Å². The molecule has 2 amide bonds. The number of nitrogens with one attached hydrogen (secondary N) is 2. The zero-order chi connectivity index (χ0) is 20.8. The maximum absolute atomic E-state index is 12.5. The number of carbonyl (C=O) groups is 3. The first-order valence-electron chi connectivity index (χ1n) is 9.86. The number of hydrogen-bond donors (Lipinski definition) is 2. The molecule has 0 spiro atoms. The van der Waals surface area contributed by atoms with Crippen LogP contribution in [0, 0.1) is 11.8 Å². The van der Waals surface area contributed by atoms with Crippen molar-refractivity contribution in [2.75, 3.05) is 11.9 Å². The molecule has 1 saturated carbocycles. The van der Waals surface area contributed by atoms with E-state index >= 15 is 0 Å². The van der Waals surface area contributed by atoms with Gasteiger partial charge in [0.25, 0.3) is 11.8 Å². The van der Waals surface area contributed by atoms with E-state index in [0.29, 0.717) is 11.8 Å². The highest BCUT2D eigenvalue weighted by Crippen LogP contribution is 2.29. The van der Waals surface area contributed by atoms with Gasteiger partial charge < -0.3 is 19.8 Å². The van der Waals surface area contributed by atoms with Gasteiger partial charge in [-0.2, -0.15) is 0 Å². The van der Waals surface area contributed by atoms with Crippen LogP contribution in [0.1, 0.15) is 54.0 Å². The van der Waals surface area contributed by atoms with Gasteiger partial charge in [-0.1, -0.05) is 38.8 Å². The third-order valence-electron chi connectivity index (χ3n) is 5.53. The minimum atomic E-state index is -0.680. The minimum absolute atomic E-state index is 0.102. The van der Waals surface area contributed by atoms with Crippen LogP contribution in [0.2, 0.25) is 0 Å². The topological polar surface area (TPSA) is 97.6 Å². The molecule has 1 aromatic heterocycles. The second kappa shape index (κ2) is 9.41. The van der Waals surface area contributed by atoms with Gasteiger partial charge in [-0.15, -0.1) is 0 Å². The van der Waals surface area contributed by atoms with Gasteiger partial charge in [-0.05, 0) is 42.5 Å². The molecule has 2 N–H and O–H groups in total. The maximum Gasteiger partial charge on any atom is 0.340 e. The number of amides is 2. The van der Waals surface area contributed by atoms with Crippen LogP contribution in [0.25, 0.3) is 0 Å². The van der Waals surface area contributed by atoms with Crippen LogP contribution in [0.5, 0.6) is 0 Å². The predicted octanol–water partition coefficient (Wildman–Crippen LogP) is 3.63. The molecule has 0 radical (unpaired) electrons. The first-order chi connectivity index (χ1) is 14.0. The lowest BCUT2D eigenvalue weighted by atomic mass is 9.78. The number of hydrogen-bond acceptors (Lipinski definition) is 5. The number of furan rings is 1. The fourth-order valence-corrected chi connectivity index (χ4v) is 3.60. The maximum atomic E-state index is 12.5. The Balaban J connectivity index is 1.57. The van der Waals surface area contributed by atoms with E-state index in [0.717, 1.165) is 12.8 Å². The van der Waals surface area contributed by atoms with Crippen molar-refractivity contribution in [1.82, 2.24) is 5.32 Å². The normalized spacial score (nSPS) is 21.2. The van der Waals surface area contributed by atoms with Crippen molar-refractivity contribution in [1.29, 1.82) is 0 Å². The summed E-state index contributed by atoms with van der Waals surface area (Å²) in [5.74, 6) is -0.402. The van der Waals surface area contributed by atoms with Crippen molar-refractivity contribution in [3.05, 3.63) is 54.0 Å². The molecule has 2 aromatic rings. The van der Waals surface area contributed by atoms with Gasteiger partial charge in [0.1, 0.15) is 0 Å². The lowest BCUT2D eigenvalue weighted by Crippen LogP contribution is -2.45. The first-order valence-corrected chi connectivity index (χ1v) is 9.86. The van der Waals surface area contributed by atoms with Gasteiger partial charge in [0.2, 0.25) is 0 Å². The minimum Gasteiger partial charge on any atom is -0.459 e. The highest BCUT2D eigenvalue weighted by molar-refractivity contribution is 6.06. The summed E-state index contributed by atoms with van der Waals surface area (Å²) < 4.78 is 10.2. The fourth-order valence-electron chi connectivity index (χ4n) is 3.60. The SMILES string of the molecule is C[C@@H]1[C@H](C)CCC[C@@H]1NC(=O)COC(=O)c1ccccc1NC(=O)c1ccco1. The molecule has 1 aliphatic carbocycles. The van der Waals surface area contributed by atoms with Crippen LogP contribution in [0.4, 0.5) is 5.69 Å². The van der Waals surface area contributed by atoms with E-state index in [4.69, 9.17) is 9.15 Å². The third kappa shape index (κ3) is 5.25. The number of carbonyl (C=O) groups excluding carboxylic acids is 3. The van der Waals surface area contributed by atoms with E-state index in [1.807, 2.05) is 0 Å². The van der Waals surface area contributed by atoms with Crippen LogP contribution < -0.4 is 10.6 Å². The van der Waals surface area contributed by atoms with Crippen molar-refractivity contribution in [3.63, 3.8) is 0 Å². The molecule has 0 aliphatic heterocycles. The molecule has 154 valence electrons. The molecule has 1 aromatic carbocycles. The Hall–Kier alpha value is -3.09. The first kappa shape index (κ1) is 20.6. The Morgan fingerprint density at radius 2 is 1.90 bits per heavy atom. The van der Waals surface area contributed by atoms with Crippen LogP contribution in [-0.4, -0.2) is 30.4 Å². The highest BCUT2D eigenvalue weighted by Gasteiger charge is 2.28. The summed E-state index contributed by atoms with van der Waals surface area (Å²) in [6, 6.07) is 9.68. The molecule has 7 nitrogen and oxygen atoms in total. The number of benzene rings is 1. The molecule has 3 rings (SSSR count). The summed E-state index contributed by atoms with van der Waals surface area (Å²) in [5, 5.41) is 5.60. The monoisotopic (exact) mass is 398 g/mol. The number of rotatable bonds is 6. The van der Waals surface area contributed by atoms with Crippen LogP contribution in [-0.2, 0) is 9.53 Å². The second-order valence-electron chi connectivity index (χ2n) is 7.49. The number of para-hydroxylation sites is 1. The van der Waals surface area contributed by atoms with Gasteiger partial charge in [-0.25, -0.2) is 4.79 Å². The Kier molecular flexibility index (Phi) is 6.69. The summed E-state index contributed by atoms with van der Waals surface area (Å²) in [6.45, 7) is 3.96. The standard InChI is InChI=1S/C22H26N2O5/c1-14-7-5-10-17(15(14)2)23-20(25)13-29-22(27)16-8-3-4-9-18(16)24-21(26)19-11-6-12-28-19/h3-4,6,8-9,11-12,14-15,17H,5,7,10,13H2,1-2H3,(H,23,25)(H,24,26)/t14-,15-,17+/m1/s1. The summed E-state index contributed by atoms with van der Waals surface area (Å²) in [7, 11) is 0. The Morgan fingerprint density at radius 3 is 2.66 bits per heavy atom. The number of ether oxygens (including phenoxy) is 1. The van der Waals surface area contributed by atoms with Gasteiger partial charge in [-0.3, -0.25) is 9.59 Å². The van der Waals surface area contributed by atoms with Crippen LogP contribution >= 0.6 is 0 Å². The summed E-state index contributed by atoms with van der Waals surface area (Å²) in [4.78, 5) is 36.9. The van der Waals surface area contributed by atoms with Crippen molar-refractivity contribution in [3.8, 4) is 0 Å². The molecule has 1 heterocycles. The van der Waals surface area contributed by atoms with E-state index in [2.05, 4.69) is 24.5 Å². The van der Waals surface area contributed by atoms with Crippen LogP contribution in [0.3, 0.4) is 0 Å². The Morgan fingerprint density at radius 1 is 1.10 bits per heavy atom. The van der Waals surface area contributed by atoms with Crippen molar-refractivity contribution in [2.24, 2.45) is 11.8 Å². The average Bonchev–Trinajstić information content (AvgIpc) is 3.25. The zero-order valence-electron chi connectivity index (χ0n) is 16.6. The molecular formula is C22H26N2O5. The van der Waals surface area contributed by atoms with Crippen molar-refractivity contribution >= 4 is 23.5 Å². The average molecular weight is 398 g/mol. The molecule has 7 heteroatoms. The molecule has 29 heavy (non-hydrogen) atoms. The van der Waals surface area contributed by atoms with Gasteiger partial charge in [0.15, 0.2) is 12.4 Å². The molecular weight excluding hydrogens is 372 g/mol.